The van der Waals surface area contributed by atoms with Gasteiger partial charge >= 0.3 is 12.0 Å². The van der Waals surface area contributed by atoms with Gasteiger partial charge in [-0.1, -0.05) is 6.07 Å². The molecule has 1 aliphatic heterocycles. The number of nitriles is 1. The van der Waals surface area contributed by atoms with E-state index in [0.29, 0.717) is 30.6 Å². The second-order valence-electron chi connectivity index (χ2n) is 4.75. The lowest BCUT2D eigenvalue weighted by molar-refractivity contribution is -0.143. The van der Waals surface area contributed by atoms with Crippen molar-refractivity contribution in [2.45, 2.75) is 12.8 Å². The predicted molar refractivity (Wildman–Crippen MR) is 72.1 cm³/mol. The zero-order valence-corrected chi connectivity index (χ0v) is 10.9. The maximum absolute atomic E-state index is 12.1. The third-order valence-corrected chi connectivity index (χ3v) is 3.30. The number of carboxylic acids is 1. The lowest BCUT2D eigenvalue weighted by atomic mass is 9.99. The number of urea groups is 1. The van der Waals surface area contributed by atoms with Crippen molar-refractivity contribution in [3.05, 3.63) is 29.8 Å². The van der Waals surface area contributed by atoms with Crippen LogP contribution in [-0.2, 0) is 4.79 Å². The molecule has 0 saturated carbocycles. The van der Waals surface area contributed by atoms with E-state index in [-0.39, 0.29) is 12.6 Å². The van der Waals surface area contributed by atoms with E-state index >= 15 is 0 Å². The van der Waals surface area contributed by atoms with Crippen LogP contribution >= 0.6 is 0 Å². The van der Waals surface area contributed by atoms with Crippen LogP contribution in [-0.4, -0.2) is 35.1 Å². The summed E-state index contributed by atoms with van der Waals surface area (Å²) in [5.74, 6) is -1.37. The Hall–Kier alpha value is -2.55. The van der Waals surface area contributed by atoms with Crippen molar-refractivity contribution in [3.8, 4) is 6.07 Å². The Morgan fingerprint density at radius 1 is 1.45 bits per heavy atom. The molecule has 0 aromatic heterocycles. The number of rotatable bonds is 2. The Morgan fingerprint density at radius 2 is 2.25 bits per heavy atom. The lowest BCUT2D eigenvalue weighted by Crippen LogP contribution is -2.44. The topological polar surface area (TPSA) is 93.4 Å². The van der Waals surface area contributed by atoms with E-state index in [4.69, 9.17) is 10.4 Å². The number of aliphatic carboxylic acids is 1. The molecule has 1 saturated heterocycles. The Balaban J connectivity index is 2.01. The molecule has 0 bridgehead atoms. The molecule has 1 aromatic carbocycles. The van der Waals surface area contributed by atoms with E-state index < -0.39 is 11.9 Å². The summed E-state index contributed by atoms with van der Waals surface area (Å²) in [5.41, 5.74) is 0.997. The van der Waals surface area contributed by atoms with Crippen LogP contribution in [0.15, 0.2) is 24.3 Å². The highest BCUT2D eigenvalue weighted by molar-refractivity contribution is 5.90. The standard InChI is InChI=1S/C14H15N3O3/c15-8-10-3-1-5-12(7-10)16-14(20)17-6-2-4-11(9-17)13(18)19/h1,3,5,7,11H,2,4,6,9H2,(H,16,20)(H,18,19). The molecule has 2 amide bonds. The molecule has 1 aromatic rings. The first-order valence-electron chi connectivity index (χ1n) is 6.39. The summed E-state index contributed by atoms with van der Waals surface area (Å²) >= 11 is 0. The molecule has 1 fully saturated rings. The number of carbonyl (C=O) groups is 2. The van der Waals surface area contributed by atoms with Gasteiger partial charge < -0.3 is 15.3 Å². The fraction of sp³-hybridized carbons (Fsp3) is 0.357. The second kappa shape index (κ2) is 6.06. The molecule has 2 N–H and O–H groups in total. The SMILES string of the molecule is N#Cc1cccc(NC(=O)N2CCCC(C(=O)O)C2)c1. The third-order valence-electron chi connectivity index (χ3n) is 3.30. The minimum atomic E-state index is -0.867. The molecule has 0 radical (unpaired) electrons. The number of nitrogens with one attached hydrogen (secondary N) is 1. The van der Waals surface area contributed by atoms with Crippen LogP contribution in [0.3, 0.4) is 0 Å². The van der Waals surface area contributed by atoms with Crippen molar-refractivity contribution < 1.29 is 14.7 Å². The van der Waals surface area contributed by atoms with Crippen LogP contribution < -0.4 is 5.32 Å². The van der Waals surface area contributed by atoms with Gasteiger partial charge in [0.2, 0.25) is 0 Å². The molecule has 104 valence electrons. The van der Waals surface area contributed by atoms with Crippen molar-refractivity contribution in [2.75, 3.05) is 18.4 Å². The van der Waals surface area contributed by atoms with E-state index in [2.05, 4.69) is 5.32 Å². The van der Waals surface area contributed by atoms with E-state index in [1.54, 1.807) is 24.3 Å². The zero-order chi connectivity index (χ0) is 14.5. The Kier molecular flexibility index (Phi) is 4.20. The number of hydrogen-bond acceptors (Lipinski definition) is 3. The van der Waals surface area contributed by atoms with Crippen LogP contribution in [0.2, 0.25) is 0 Å². The Morgan fingerprint density at radius 3 is 2.95 bits per heavy atom. The quantitative estimate of drug-likeness (QED) is 0.860. The molecule has 1 atom stereocenters. The number of nitrogens with zero attached hydrogens (tertiary/aromatic N) is 2. The van der Waals surface area contributed by atoms with Crippen LogP contribution in [0, 0.1) is 17.2 Å². The van der Waals surface area contributed by atoms with Gasteiger partial charge in [0.1, 0.15) is 0 Å². The average molecular weight is 273 g/mol. The first-order valence-corrected chi connectivity index (χ1v) is 6.39. The predicted octanol–water partition coefficient (Wildman–Crippen LogP) is 1.89. The van der Waals surface area contributed by atoms with Crippen molar-refractivity contribution >= 4 is 17.7 Å². The van der Waals surface area contributed by atoms with E-state index in [1.165, 1.54) is 4.90 Å². The second-order valence-corrected chi connectivity index (χ2v) is 4.75. The number of amides is 2. The Bertz CT molecular complexity index is 565. The maximum Gasteiger partial charge on any atom is 0.321 e. The smallest absolute Gasteiger partial charge is 0.321 e. The number of likely N-dealkylation sites (tertiary alicyclic amines) is 1. The van der Waals surface area contributed by atoms with Crippen LogP contribution in [0.4, 0.5) is 10.5 Å². The number of carboxylic acid groups (broad SMARTS) is 1. The molecule has 0 aliphatic carbocycles. The van der Waals surface area contributed by atoms with Gasteiger partial charge in [0.05, 0.1) is 17.6 Å². The number of hydrogen-bond donors (Lipinski definition) is 2. The van der Waals surface area contributed by atoms with Crippen LogP contribution in [0.1, 0.15) is 18.4 Å². The highest BCUT2D eigenvalue weighted by atomic mass is 16.4. The van der Waals surface area contributed by atoms with Gasteiger partial charge in [-0.15, -0.1) is 0 Å². The molecule has 20 heavy (non-hydrogen) atoms. The van der Waals surface area contributed by atoms with Gasteiger partial charge in [-0.05, 0) is 31.0 Å². The van der Waals surface area contributed by atoms with Gasteiger partial charge in [-0.25, -0.2) is 4.79 Å². The van der Waals surface area contributed by atoms with Crippen LogP contribution in [0.5, 0.6) is 0 Å². The van der Waals surface area contributed by atoms with E-state index in [9.17, 15) is 9.59 Å². The van der Waals surface area contributed by atoms with Gasteiger partial charge in [-0.3, -0.25) is 4.79 Å². The summed E-state index contributed by atoms with van der Waals surface area (Å²) in [5, 5.41) is 20.5. The maximum atomic E-state index is 12.1. The highest BCUT2D eigenvalue weighted by Crippen LogP contribution is 2.18. The van der Waals surface area contributed by atoms with Gasteiger partial charge in [-0.2, -0.15) is 5.26 Å². The van der Waals surface area contributed by atoms with Crippen LogP contribution in [0.25, 0.3) is 0 Å². The largest absolute Gasteiger partial charge is 0.481 e. The normalized spacial score (nSPS) is 18.1. The summed E-state index contributed by atoms with van der Waals surface area (Å²) in [6, 6.07) is 8.28. The minimum absolute atomic E-state index is 0.221. The highest BCUT2D eigenvalue weighted by Gasteiger charge is 2.28. The summed E-state index contributed by atoms with van der Waals surface area (Å²) in [6.45, 7) is 0.770. The van der Waals surface area contributed by atoms with Crippen molar-refractivity contribution in [2.24, 2.45) is 5.92 Å². The molecular weight excluding hydrogens is 258 g/mol. The molecule has 1 heterocycles. The fourth-order valence-corrected chi connectivity index (χ4v) is 2.23. The zero-order valence-electron chi connectivity index (χ0n) is 10.9. The average Bonchev–Trinajstić information content (AvgIpc) is 2.47. The summed E-state index contributed by atoms with van der Waals surface area (Å²) in [6.07, 6.45) is 1.28. The van der Waals surface area contributed by atoms with E-state index in [1.807, 2.05) is 6.07 Å². The molecule has 1 aliphatic rings. The fourth-order valence-electron chi connectivity index (χ4n) is 2.23. The van der Waals surface area contributed by atoms with Crippen molar-refractivity contribution in [1.82, 2.24) is 4.90 Å². The molecule has 6 heteroatoms. The first kappa shape index (κ1) is 13.9. The summed E-state index contributed by atoms with van der Waals surface area (Å²) in [4.78, 5) is 24.5. The van der Waals surface area contributed by atoms with E-state index in [0.717, 1.165) is 0 Å². The number of anilines is 1. The number of benzene rings is 1. The molecular formula is C14H15N3O3. The third kappa shape index (κ3) is 3.26. The monoisotopic (exact) mass is 273 g/mol. The molecule has 1 unspecified atom stereocenters. The molecule has 0 spiro atoms. The van der Waals surface area contributed by atoms with Gasteiger partial charge in [0.25, 0.3) is 0 Å². The summed E-state index contributed by atoms with van der Waals surface area (Å²) < 4.78 is 0. The molecule has 6 nitrogen and oxygen atoms in total. The first-order chi connectivity index (χ1) is 9.60. The van der Waals surface area contributed by atoms with Crippen molar-refractivity contribution in [1.29, 1.82) is 5.26 Å². The lowest BCUT2D eigenvalue weighted by Gasteiger charge is -2.30. The Labute approximate surface area is 116 Å². The van der Waals surface area contributed by atoms with Gasteiger partial charge in [0.15, 0.2) is 0 Å². The molecule has 2 rings (SSSR count). The summed E-state index contributed by atoms with van der Waals surface area (Å²) in [7, 11) is 0. The minimum Gasteiger partial charge on any atom is -0.481 e. The van der Waals surface area contributed by atoms with Gasteiger partial charge in [0, 0.05) is 18.8 Å². The van der Waals surface area contributed by atoms with Crippen molar-refractivity contribution in [3.63, 3.8) is 0 Å². The number of carbonyl (C=O) groups excluding carboxylic acids is 1. The number of piperidine rings is 1.